The molecular weight excluding hydrogens is 440 g/mol. The first-order chi connectivity index (χ1) is 12.9. The predicted octanol–water partition coefficient (Wildman–Crippen LogP) is 2.09. The van der Waals surface area contributed by atoms with Crippen molar-refractivity contribution in [2.24, 2.45) is 0 Å². The minimum Gasteiger partial charge on any atom is -0.477 e. The molecule has 2 aliphatic heterocycles. The van der Waals surface area contributed by atoms with Crippen LogP contribution in [0, 0.1) is 0 Å². The molecule has 1 unspecified atom stereocenters. The first-order valence-electron chi connectivity index (χ1n) is 7.50. The zero-order valence-corrected chi connectivity index (χ0v) is 16.7. The number of aromatic amines is 1. The number of carboxylic acid groups (broad SMARTS) is 1. The topological polar surface area (TPSA) is 111 Å². The Labute approximate surface area is 170 Å². The van der Waals surface area contributed by atoms with Gasteiger partial charge in [0.15, 0.2) is 0 Å². The molecule has 1 aromatic heterocycles. The lowest BCUT2D eigenvalue weighted by Crippen LogP contribution is -2.57. The number of rotatable bonds is 8. The summed E-state index contributed by atoms with van der Waals surface area (Å²) in [5, 5.41) is 22.6. The molecule has 1 saturated heterocycles. The van der Waals surface area contributed by atoms with Gasteiger partial charge in [-0.1, -0.05) is 24.0 Å². The summed E-state index contributed by atoms with van der Waals surface area (Å²) in [6, 6.07) is 0. The van der Waals surface area contributed by atoms with E-state index in [1.165, 1.54) is 46.4 Å². The molecule has 3 rings (SSSR count). The van der Waals surface area contributed by atoms with Crippen LogP contribution in [0.25, 0.3) is 0 Å². The van der Waals surface area contributed by atoms with Crippen molar-refractivity contribution in [3.63, 3.8) is 0 Å². The maximum Gasteiger partial charge on any atom is 0.353 e. The number of carbonyl (C=O) groups is 2. The Hall–Kier alpha value is -1.38. The molecule has 146 valence electrons. The van der Waals surface area contributed by atoms with Crippen molar-refractivity contribution in [2.45, 2.75) is 35.0 Å². The van der Waals surface area contributed by atoms with E-state index >= 15 is 0 Å². The van der Waals surface area contributed by atoms with Crippen molar-refractivity contribution in [3.05, 3.63) is 16.8 Å². The normalized spacial score (nSPS) is 21.9. The number of β-lactam (4-membered cyclic amide) rings is 1. The number of aliphatic carboxylic acids is 1. The van der Waals surface area contributed by atoms with Crippen molar-refractivity contribution in [2.75, 3.05) is 5.08 Å². The molecule has 0 spiro atoms. The molecule has 0 aromatic carbocycles. The van der Waals surface area contributed by atoms with Crippen LogP contribution in [0.1, 0.15) is 12.8 Å². The van der Waals surface area contributed by atoms with Crippen LogP contribution in [0.15, 0.2) is 21.8 Å². The molecule has 0 bridgehead atoms. The average Bonchev–Trinajstić information content (AvgIpc) is 3.07. The molecule has 2 atom stereocenters. The summed E-state index contributed by atoms with van der Waals surface area (Å²) in [4.78, 5) is 25.3. The van der Waals surface area contributed by atoms with Gasteiger partial charge < -0.3 is 10.4 Å². The molecule has 1 aromatic rings. The number of halogens is 2. The van der Waals surface area contributed by atoms with E-state index in [1.807, 2.05) is 0 Å². The number of hydrogen-bond acceptors (Lipinski definition) is 8. The highest BCUT2D eigenvalue weighted by Crippen LogP contribution is 2.47. The molecule has 0 radical (unpaired) electrons. The Bertz CT molecular complexity index is 776. The zero-order valence-electron chi connectivity index (χ0n) is 13.4. The number of alkyl halides is 2. The van der Waals surface area contributed by atoms with Gasteiger partial charge in [-0.3, -0.25) is 9.69 Å². The summed E-state index contributed by atoms with van der Waals surface area (Å²) < 4.78 is 25.2. The number of nitrogens with one attached hydrogen (secondary N) is 2. The zero-order chi connectivity index (χ0) is 19.6. The lowest BCUT2D eigenvalue weighted by molar-refractivity contribution is -0.146. The lowest BCUT2D eigenvalue weighted by atomic mass is 10.1. The number of aromatic nitrogens is 3. The Morgan fingerprint density at radius 3 is 2.93 bits per heavy atom. The van der Waals surface area contributed by atoms with Gasteiger partial charge in [0.1, 0.15) is 16.1 Å². The van der Waals surface area contributed by atoms with E-state index in [1.54, 1.807) is 0 Å². The number of thiocarbonyl (C=S) groups is 1. The van der Waals surface area contributed by atoms with E-state index in [9.17, 15) is 23.5 Å². The van der Waals surface area contributed by atoms with Crippen molar-refractivity contribution in [1.29, 1.82) is 0 Å². The quantitative estimate of drug-likeness (QED) is 0.234. The van der Waals surface area contributed by atoms with E-state index in [4.69, 9.17) is 12.2 Å². The molecule has 14 heteroatoms. The third kappa shape index (κ3) is 4.73. The average molecular weight is 454 g/mol. The first kappa shape index (κ1) is 20.4. The fourth-order valence-corrected chi connectivity index (χ4v) is 6.46. The maximum atomic E-state index is 12.6. The second-order valence-corrected chi connectivity index (χ2v) is 9.49. The van der Waals surface area contributed by atoms with Gasteiger partial charge in [-0.05, 0) is 0 Å². The van der Waals surface area contributed by atoms with E-state index in [-0.39, 0.29) is 28.4 Å². The number of carboxylic acids is 1. The minimum absolute atomic E-state index is 0.0476. The van der Waals surface area contributed by atoms with Crippen LogP contribution < -0.4 is 5.32 Å². The largest absolute Gasteiger partial charge is 0.477 e. The van der Waals surface area contributed by atoms with Gasteiger partial charge in [0.05, 0.1) is 34.5 Å². The van der Waals surface area contributed by atoms with Crippen LogP contribution in [-0.4, -0.2) is 64.5 Å². The van der Waals surface area contributed by atoms with Gasteiger partial charge in [0, 0.05) is 4.91 Å². The molecule has 3 heterocycles. The molecule has 0 aliphatic carbocycles. The van der Waals surface area contributed by atoms with E-state index in [0.29, 0.717) is 15.0 Å². The first-order valence-corrected chi connectivity index (χ1v) is 10.8. The van der Waals surface area contributed by atoms with Crippen molar-refractivity contribution in [1.82, 2.24) is 25.6 Å². The van der Waals surface area contributed by atoms with Crippen LogP contribution in [-0.2, 0) is 9.59 Å². The molecule has 1 amide bonds. The molecule has 0 saturated carbocycles. The summed E-state index contributed by atoms with van der Waals surface area (Å²) in [5.74, 6) is -1.52. The molecule has 27 heavy (non-hydrogen) atoms. The Morgan fingerprint density at radius 2 is 2.33 bits per heavy atom. The van der Waals surface area contributed by atoms with Gasteiger partial charge >= 0.3 is 5.97 Å². The van der Waals surface area contributed by atoms with Gasteiger partial charge in [-0.25, -0.2) is 13.6 Å². The molecule has 2 aliphatic rings. The van der Waals surface area contributed by atoms with Crippen LogP contribution in [0.4, 0.5) is 8.78 Å². The van der Waals surface area contributed by atoms with Gasteiger partial charge in [0.25, 0.3) is 0 Å². The van der Waals surface area contributed by atoms with Crippen molar-refractivity contribution in [3.8, 4) is 0 Å². The van der Waals surface area contributed by atoms with Gasteiger partial charge in [0.2, 0.25) is 12.3 Å². The smallest absolute Gasteiger partial charge is 0.353 e. The monoisotopic (exact) mass is 453 g/mol. The number of carbonyl (C=O) groups excluding carboxylic acids is 1. The number of nitrogens with zero attached hydrogens (tertiary/aromatic N) is 3. The Morgan fingerprint density at radius 1 is 1.56 bits per heavy atom. The third-order valence-corrected chi connectivity index (χ3v) is 7.49. The van der Waals surface area contributed by atoms with Crippen molar-refractivity contribution < 1.29 is 23.5 Å². The van der Waals surface area contributed by atoms with Crippen LogP contribution >= 0.6 is 47.5 Å². The number of amides is 1. The van der Waals surface area contributed by atoms with E-state index in [2.05, 4.69) is 20.7 Å². The molecule has 1 fully saturated rings. The second-order valence-electron chi connectivity index (χ2n) is 5.33. The summed E-state index contributed by atoms with van der Waals surface area (Å²) in [6.07, 6.45) is -1.47. The molecule has 3 N–H and O–H groups in total. The van der Waals surface area contributed by atoms with Gasteiger partial charge in [-0.15, -0.1) is 28.6 Å². The highest BCUT2D eigenvalue weighted by Gasteiger charge is 2.49. The maximum absolute atomic E-state index is 12.6. The minimum atomic E-state index is -2.60. The second kappa shape index (κ2) is 8.75. The summed E-state index contributed by atoms with van der Waals surface area (Å²) in [5.41, 5.74) is -0.127. The summed E-state index contributed by atoms with van der Waals surface area (Å²) in [6.45, 7) is 0. The lowest BCUT2D eigenvalue weighted by Gasteiger charge is -2.46. The standard InChI is InChI=1S/C13H13F2N5O3S4/c14-5(15)1-6(24)17-12-11(26-4-25-7-3-16-19-18-7)10(13(22)23)20-8(21)2-9(20)27-12/h3,5,9,12H,1-2,4H2,(H,17,24)(H,22,23)(H,16,18,19)/t9-,12?/m1/s1. The fourth-order valence-electron chi connectivity index (χ4n) is 2.44. The SMILES string of the molecule is O=C(O)C1=C(SCSc2cn[nH]n2)C(NC(=S)CC(F)F)S[C@@H]2CC(=O)N12. The summed E-state index contributed by atoms with van der Waals surface area (Å²) in [7, 11) is 0. The number of fused-ring (bicyclic) bond motifs is 1. The predicted molar refractivity (Wildman–Crippen MR) is 102 cm³/mol. The fraction of sp³-hybridized carbons (Fsp3) is 0.462. The molecular formula is C13H13F2N5O3S4. The third-order valence-electron chi connectivity index (χ3n) is 3.56. The highest BCUT2D eigenvalue weighted by atomic mass is 32.2. The summed E-state index contributed by atoms with van der Waals surface area (Å²) >= 11 is 8.78. The Balaban J connectivity index is 1.80. The van der Waals surface area contributed by atoms with Crippen LogP contribution in [0.2, 0.25) is 0 Å². The Kier molecular flexibility index (Phi) is 6.60. The van der Waals surface area contributed by atoms with E-state index in [0.717, 1.165) is 0 Å². The highest BCUT2D eigenvalue weighted by molar-refractivity contribution is 8.18. The van der Waals surface area contributed by atoms with E-state index < -0.39 is 24.2 Å². The van der Waals surface area contributed by atoms with Gasteiger partial charge in [-0.2, -0.15) is 10.3 Å². The van der Waals surface area contributed by atoms with Crippen molar-refractivity contribution >= 4 is 64.4 Å². The number of hydrogen-bond donors (Lipinski definition) is 3. The molecule has 8 nitrogen and oxygen atoms in total. The van der Waals surface area contributed by atoms with Crippen LogP contribution in [0.3, 0.4) is 0 Å². The van der Waals surface area contributed by atoms with Crippen LogP contribution in [0.5, 0.6) is 0 Å². The number of thioether (sulfide) groups is 3. The number of H-pyrrole nitrogens is 1.